The first-order valence-electron chi connectivity index (χ1n) is 9.27. The molecule has 2 rings (SSSR count). The minimum Gasteiger partial charge on any atom is -0.385 e. The quantitative estimate of drug-likeness (QED) is 0.588. The summed E-state index contributed by atoms with van der Waals surface area (Å²) in [7, 11) is 0. The van der Waals surface area contributed by atoms with Crippen LogP contribution in [-0.4, -0.2) is 10.7 Å². The molecule has 0 heterocycles. The fourth-order valence-electron chi connectivity index (χ4n) is 3.89. The third-order valence-electron chi connectivity index (χ3n) is 5.65. The second-order valence-corrected chi connectivity index (χ2v) is 7.32. The van der Waals surface area contributed by atoms with Gasteiger partial charge in [-0.2, -0.15) is 0 Å². The molecular weight excluding hydrogens is 256 g/mol. The Kier molecular flexibility index (Phi) is 6.54. The highest BCUT2D eigenvalue weighted by Crippen LogP contribution is 2.37. The second kappa shape index (κ2) is 8.17. The highest BCUT2D eigenvalue weighted by molar-refractivity contribution is 5.30. The van der Waals surface area contributed by atoms with Crippen LogP contribution in [0.2, 0.25) is 0 Å². The molecule has 21 heavy (non-hydrogen) atoms. The van der Waals surface area contributed by atoms with Crippen LogP contribution in [0.3, 0.4) is 0 Å². The van der Waals surface area contributed by atoms with Crippen LogP contribution in [-0.2, 0) is 0 Å². The first-order chi connectivity index (χ1) is 10.2. The Bertz CT molecular complexity index is 362. The molecule has 0 aromatic heterocycles. The Morgan fingerprint density at radius 1 is 1.19 bits per heavy atom. The van der Waals surface area contributed by atoms with Crippen molar-refractivity contribution in [2.75, 3.05) is 0 Å². The molecular formula is C20H34O. The molecule has 0 aromatic rings. The zero-order chi connectivity index (χ0) is 15.1. The Labute approximate surface area is 131 Å². The predicted molar refractivity (Wildman–Crippen MR) is 91.3 cm³/mol. The highest BCUT2D eigenvalue weighted by Gasteiger charge is 2.32. The molecule has 2 unspecified atom stereocenters. The topological polar surface area (TPSA) is 20.2 Å². The van der Waals surface area contributed by atoms with Gasteiger partial charge in [0.25, 0.3) is 0 Å². The Morgan fingerprint density at radius 2 is 1.95 bits per heavy atom. The van der Waals surface area contributed by atoms with Crippen molar-refractivity contribution in [2.45, 2.75) is 90.1 Å². The molecule has 1 fully saturated rings. The lowest BCUT2D eigenvalue weighted by molar-refractivity contribution is 0.0318. The van der Waals surface area contributed by atoms with E-state index in [1.165, 1.54) is 63.4 Å². The number of rotatable bonds is 7. The fraction of sp³-hybridized carbons (Fsp3) is 0.800. The van der Waals surface area contributed by atoms with E-state index in [0.717, 1.165) is 18.8 Å². The van der Waals surface area contributed by atoms with Gasteiger partial charge in [0, 0.05) is 0 Å². The SMILES string of the molecule is CCCCCCC(C)C1(O)C=CC(C2CCCCC2)=CC1. The van der Waals surface area contributed by atoms with Crippen LogP contribution in [0.1, 0.15) is 84.5 Å². The van der Waals surface area contributed by atoms with Crippen molar-refractivity contribution in [2.24, 2.45) is 11.8 Å². The van der Waals surface area contributed by atoms with E-state index < -0.39 is 5.60 Å². The molecule has 0 amide bonds. The van der Waals surface area contributed by atoms with Gasteiger partial charge in [0.1, 0.15) is 0 Å². The predicted octanol–water partition coefficient (Wildman–Crippen LogP) is 5.79. The van der Waals surface area contributed by atoms with Gasteiger partial charge >= 0.3 is 0 Å². The number of allylic oxidation sites excluding steroid dienone is 2. The van der Waals surface area contributed by atoms with Gasteiger partial charge in [0.15, 0.2) is 0 Å². The van der Waals surface area contributed by atoms with Gasteiger partial charge < -0.3 is 5.11 Å². The Balaban J connectivity index is 1.82. The third-order valence-corrected chi connectivity index (χ3v) is 5.65. The molecule has 0 spiro atoms. The summed E-state index contributed by atoms with van der Waals surface area (Å²) < 4.78 is 0. The van der Waals surface area contributed by atoms with Gasteiger partial charge in [0.05, 0.1) is 5.60 Å². The molecule has 1 N–H and O–H groups in total. The van der Waals surface area contributed by atoms with Crippen LogP contribution in [0, 0.1) is 11.8 Å². The second-order valence-electron chi connectivity index (χ2n) is 7.32. The van der Waals surface area contributed by atoms with Crippen molar-refractivity contribution in [1.82, 2.24) is 0 Å². The molecule has 0 aromatic carbocycles. The van der Waals surface area contributed by atoms with E-state index in [1.807, 2.05) is 0 Å². The standard InChI is InChI=1S/C20H34O/c1-3-4-5-7-10-17(2)20(21)15-13-19(14-16-20)18-11-8-6-9-12-18/h13-15,17-18,21H,3-12,16H2,1-2H3. The molecule has 2 aliphatic carbocycles. The zero-order valence-electron chi connectivity index (χ0n) is 14.1. The summed E-state index contributed by atoms with van der Waals surface area (Å²) in [6.45, 7) is 4.47. The van der Waals surface area contributed by atoms with Crippen LogP contribution >= 0.6 is 0 Å². The summed E-state index contributed by atoms with van der Waals surface area (Å²) in [5.74, 6) is 1.13. The minimum absolute atomic E-state index is 0.370. The van der Waals surface area contributed by atoms with Gasteiger partial charge in [-0.1, -0.05) is 77.0 Å². The largest absolute Gasteiger partial charge is 0.385 e. The first-order valence-corrected chi connectivity index (χ1v) is 9.27. The monoisotopic (exact) mass is 290 g/mol. The molecule has 0 saturated heterocycles. The fourth-order valence-corrected chi connectivity index (χ4v) is 3.89. The van der Waals surface area contributed by atoms with Crippen LogP contribution < -0.4 is 0 Å². The number of hydrogen-bond acceptors (Lipinski definition) is 1. The lowest BCUT2D eigenvalue weighted by Gasteiger charge is -2.35. The van der Waals surface area contributed by atoms with Crippen molar-refractivity contribution in [3.63, 3.8) is 0 Å². The molecule has 1 saturated carbocycles. The van der Waals surface area contributed by atoms with Gasteiger partial charge in [0.2, 0.25) is 0 Å². The van der Waals surface area contributed by atoms with E-state index in [2.05, 4.69) is 32.1 Å². The van der Waals surface area contributed by atoms with E-state index in [-0.39, 0.29) is 0 Å². The van der Waals surface area contributed by atoms with Crippen molar-refractivity contribution < 1.29 is 5.11 Å². The summed E-state index contributed by atoms with van der Waals surface area (Å²) in [6.07, 6.45) is 20.7. The molecule has 0 aliphatic heterocycles. The Morgan fingerprint density at radius 3 is 2.57 bits per heavy atom. The van der Waals surface area contributed by atoms with Crippen LogP contribution in [0.25, 0.3) is 0 Å². The van der Waals surface area contributed by atoms with E-state index in [0.29, 0.717) is 5.92 Å². The van der Waals surface area contributed by atoms with Crippen LogP contribution in [0.5, 0.6) is 0 Å². The molecule has 0 bridgehead atoms. The summed E-state index contributed by atoms with van der Waals surface area (Å²) in [5, 5.41) is 10.9. The van der Waals surface area contributed by atoms with Gasteiger partial charge in [-0.25, -0.2) is 0 Å². The van der Waals surface area contributed by atoms with Crippen LogP contribution in [0.4, 0.5) is 0 Å². The highest BCUT2D eigenvalue weighted by atomic mass is 16.3. The Hall–Kier alpha value is -0.560. The molecule has 120 valence electrons. The van der Waals surface area contributed by atoms with Gasteiger partial charge in [-0.15, -0.1) is 0 Å². The molecule has 1 heteroatoms. The third kappa shape index (κ3) is 4.71. The van der Waals surface area contributed by atoms with E-state index >= 15 is 0 Å². The van der Waals surface area contributed by atoms with Crippen molar-refractivity contribution in [1.29, 1.82) is 0 Å². The van der Waals surface area contributed by atoms with Gasteiger partial charge in [-0.05, 0) is 43.1 Å². The summed E-state index contributed by atoms with van der Waals surface area (Å²) in [5.41, 5.74) is 0.905. The maximum Gasteiger partial charge on any atom is 0.0890 e. The average molecular weight is 290 g/mol. The number of unbranched alkanes of at least 4 members (excludes halogenated alkanes) is 3. The van der Waals surface area contributed by atoms with E-state index in [4.69, 9.17) is 0 Å². The average Bonchev–Trinajstić information content (AvgIpc) is 2.53. The molecule has 2 atom stereocenters. The smallest absolute Gasteiger partial charge is 0.0890 e. The van der Waals surface area contributed by atoms with Crippen molar-refractivity contribution >= 4 is 0 Å². The summed E-state index contributed by atoms with van der Waals surface area (Å²) >= 11 is 0. The first kappa shape index (κ1) is 16.8. The maximum absolute atomic E-state index is 10.9. The summed E-state index contributed by atoms with van der Waals surface area (Å²) in [6, 6.07) is 0. The molecule has 0 radical (unpaired) electrons. The van der Waals surface area contributed by atoms with Crippen molar-refractivity contribution in [3.8, 4) is 0 Å². The van der Waals surface area contributed by atoms with Gasteiger partial charge in [-0.3, -0.25) is 0 Å². The van der Waals surface area contributed by atoms with E-state index in [1.54, 1.807) is 0 Å². The maximum atomic E-state index is 10.9. The van der Waals surface area contributed by atoms with Crippen LogP contribution in [0.15, 0.2) is 23.8 Å². The van der Waals surface area contributed by atoms with E-state index in [9.17, 15) is 5.11 Å². The normalized spacial score (nSPS) is 28.4. The molecule has 2 aliphatic rings. The lowest BCUT2D eigenvalue weighted by atomic mass is 9.75. The lowest BCUT2D eigenvalue weighted by Crippen LogP contribution is -2.35. The number of aliphatic hydroxyl groups is 1. The van der Waals surface area contributed by atoms with Crippen molar-refractivity contribution in [3.05, 3.63) is 23.8 Å². The zero-order valence-corrected chi connectivity index (χ0v) is 14.1. The minimum atomic E-state index is -0.593. The summed E-state index contributed by atoms with van der Waals surface area (Å²) in [4.78, 5) is 0. The molecule has 1 nitrogen and oxygen atoms in total. The number of hydrogen-bond donors (Lipinski definition) is 1.